The summed E-state index contributed by atoms with van der Waals surface area (Å²) in [6.45, 7) is 3.18. The molecule has 0 bridgehead atoms. The van der Waals surface area contributed by atoms with Gasteiger partial charge in [0.1, 0.15) is 5.75 Å². The summed E-state index contributed by atoms with van der Waals surface area (Å²) in [5.74, 6) is -0.743. The summed E-state index contributed by atoms with van der Waals surface area (Å²) in [6.07, 6.45) is 6.93. The van der Waals surface area contributed by atoms with Crippen molar-refractivity contribution in [2.24, 2.45) is 10.2 Å². The fourth-order valence-corrected chi connectivity index (χ4v) is 4.91. The highest BCUT2D eigenvalue weighted by Gasteiger charge is 2.35. The van der Waals surface area contributed by atoms with Gasteiger partial charge in [-0.05, 0) is 63.2 Å². The highest BCUT2D eigenvalue weighted by molar-refractivity contribution is 6.68. The van der Waals surface area contributed by atoms with Crippen molar-refractivity contribution < 1.29 is 19.8 Å². The fraction of sp³-hybridized carbons (Fsp3) is 0.565. The van der Waals surface area contributed by atoms with Crippen molar-refractivity contribution in [1.29, 1.82) is 0 Å². The van der Waals surface area contributed by atoms with E-state index in [-0.39, 0.29) is 35.9 Å². The van der Waals surface area contributed by atoms with E-state index in [4.69, 9.17) is 5.11 Å². The summed E-state index contributed by atoms with van der Waals surface area (Å²) >= 11 is 0. The first-order valence-corrected chi connectivity index (χ1v) is 11.4. The smallest absolute Gasteiger partial charge is 0.317 e. The number of hydrazone groups is 2. The number of anilines is 1. The van der Waals surface area contributed by atoms with E-state index in [1.807, 2.05) is 17.0 Å². The fourth-order valence-electron chi connectivity index (χ4n) is 4.91. The molecule has 2 heterocycles. The van der Waals surface area contributed by atoms with Crippen LogP contribution in [0.5, 0.6) is 5.75 Å². The maximum absolute atomic E-state index is 12.9. The molecule has 2 aliphatic heterocycles. The first-order valence-electron chi connectivity index (χ1n) is 11.4. The molecule has 1 saturated carbocycles. The second-order valence-corrected chi connectivity index (χ2v) is 8.89. The van der Waals surface area contributed by atoms with Gasteiger partial charge in [0, 0.05) is 0 Å². The lowest BCUT2D eigenvalue weighted by atomic mass is 9.88. The maximum Gasteiger partial charge on any atom is 0.317 e. The van der Waals surface area contributed by atoms with Gasteiger partial charge in [-0.2, -0.15) is 10.2 Å². The van der Waals surface area contributed by atoms with Gasteiger partial charge in [-0.25, -0.2) is 5.01 Å². The molecule has 0 radical (unpaired) electrons. The predicted molar refractivity (Wildman–Crippen MR) is 122 cm³/mol. The Labute approximate surface area is 187 Å². The minimum Gasteiger partial charge on any atom is -0.505 e. The molecule has 1 aromatic carbocycles. The third-order valence-electron chi connectivity index (χ3n) is 6.67. The Morgan fingerprint density at radius 2 is 1.91 bits per heavy atom. The van der Waals surface area contributed by atoms with Crippen molar-refractivity contribution in [2.45, 2.75) is 63.8 Å². The van der Waals surface area contributed by atoms with E-state index in [0.717, 1.165) is 44.1 Å². The Morgan fingerprint density at radius 3 is 2.59 bits per heavy atom. The van der Waals surface area contributed by atoms with E-state index >= 15 is 0 Å². The third-order valence-corrected chi connectivity index (χ3v) is 6.67. The number of phenols is 1. The number of nitrogens with one attached hydrogen (secondary N) is 1. The number of hydrogen-bond acceptors (Lipinski definition) is 7. The van der Waals surface area contributed by atoms with E-state index in [1.54, 1.807) is 18.0 Å². The number of amides is 1. The van der Waals surface area contributed by atoms with Crippen molar-refractivity contribution >= 4 is 29.0 Å². The summed E-state index contributed by atoms with van der Waals surface area (Å²) in [6, 6.07) is 5.62. The van der Waals surface area contributed by atoms with Crippen LogP contribution in [0.3, 0.4) is 0 Å². The average molecular weight is 442 g/mol. The number of likely N-dealkylation sites (tertiary alicyclic amines) is 1. The van der Waals surface area contributed by atoms with Crippen molar-refractivity contribution in [3.63, 3.8) is 0 Å². The van der Waals surface area contributed by atoms with Crippen molar-refractivity contribution in [3.8, 4) is 5.75 Å². The lowest BCUT2D eigenvalue weighted by Crippen LogP contribution is -2.37. The number of benzene rings is 1. The van der Waals surface area contributed by atoms with Gasteiger partial charge in [0.05, 0.1) is 24.0 Å². The van der Waals surface area contributed by atoms with Crippen molar-refractivity contribution in [3.05, 3.63) is 23.8 Å². The minimum absolute atomic E-state index is 0.0462. The SMILES string of the molecule is CC1=NN(C2CCCCC2)C(=O)C1=NNc1cccc(C2CCN(CC(=O)O)CC2)c1O. The zero-order valence-electron chi connectivity index (χ0n) is 18.5. The maximum atomic E-state index is 12.9. The molecule has 3 aliphatic rings. The molecule has 1 amide bonds. The van der Waals surface area contributed by atoms with Crippen LogP contribution < -0.4 is 5.43 Å². The molecule has 1 aliphatic carbocycles. The number of para-hydroxylation sites is 1. The van der Waals surface area contributed by atoms with Crippen LogP contribution in [0, 0.1) is 0 Å². The Kier molecular flexibility index (Phi) is 6.74. The summed E-state index contributed by atoms with van der Waals surface area (Å²) in [7, 11) is 0. The second kappa shape index (κ2) is 9.68. The molecule has 0 spiro atoms. The Balaban J connectivity index is 1.43. The van der Waals surface area contributed by atoms with Gasteiger partial charge in [0.2, 0.25) is 0 Å². The molecule has 9 heteroatoms. The predicted octanol–water partition coefficient (Wildman–Crippen LogP) is 2.97. The van der Waals surface area contributed by atoms with Gasteiger partial charge in [-0.15, -0.1) is 0 Å². The normalized spacial score (nSPS) is 22.4. The summed E-state index contributed by atoms with van der Waals surface area (Å²) < 4.78 is 0. The van der Waals surface area contributed by atoms with Gasteiger partial charge in [0.15, 0.2) is 5.71 Å². The molecule has 1 aromatic rings. The van der Waals surface area contributed by atoms with Crippen LogP contribution in [0.15, 0.2) is 28.4 Å². The standard InChI is InChI=1S/C23H31N5O4/c1-15-21(23(32)28(26-15)17-6-3-2-4-7-17)25-24-19-9-5-8-18(22(19)31)16-10-12-27(13-11-16)14-20(29)30/h5,8-9,16-17,24,31H,2-4,6-7,10-14H2,1H3,(H,29,30). The van der Waals surface area contributed by atoms with Gasteiger partial charge in [-0.1, -0.05) is 31.4 Å². The van der Waals surface area contributed by atoms with Crippen LogP contribution in [0.25, 0.3) is 0 Å². The first-order chi connectivity index (χ1) is 15.4. The third kappa shape index (κ3) is 4.77. The Hall–Kier alpha value is -2.94. The molecule has 1 saturated heterocycles. The second-order valence-electron chi connectivity index (χ2n) is 8.89. The molecule has 3 N–H and O–H groups in total. The highest BCUT2D eigenvalue weighted by Crippen LogP contribution is 2.38. The number of carboxylic acids is 1. The van der Waals surface area contributed by atoms with E-state index in [1.165, 1.54) is 6.42 Å². The number of hydrogen-bond donors (Lipinski definition) is 3. The molecular formula is C23H31N5O4. The zero-order valence-corrected chi connectivity index (χ0v) is 18.5. The Morgan fingerprint density at radius 1 is 1.19 bits per heavy atom. The molecule has 0 atom stereocenters. The van der Waals surface area contributed by atoms with Crippen LogP contribution in [-0.4, -0.2) is 69.1 Å². The number of carbonyl (C=O) groups is 2. The number of phenolic OH excluding ortho intramolecular Hbond substituents is 1. The van der Waals surface area contributed by atoms with Crippen LogP contribution in [0.1, 0.15) is 63.4 Å². The largest absolute Gasteiger partial charge is 0.505 e. The number of rotatable bonds is 6. The number of aromatic hydroxyl groups is 1. The van der Waals surface area contributed by atoms with Crippen LogP contribution in [0.4, 0.5) is 5.69 Å². The van der Waals surface area contributed by atoms with Crippen molar-refractivity contribution in [1.82, 2.24) is 9.91 Å². The number of aliphatic carboxylic acids is 1. The monoisotopic (exact) mass is 441 g/mol. The van der Waals surface area contributed by atoms with Gasteiger partial charge in [-0.3, -0.25) is 19.9 Å². The quantitative estimate of drug-likeness (QED) is 0.461. The lowest BCUT2D eigenvalue weighted by molar-refractivity contribution is -0.138. The van der Waals surface area contributed by atoms with E-state index in [0.29, 0.717) is 24.5 Å². The van der Waals surface area contributed by atoms with E-state index < -0.39 is 5.97 Å². The highest BCUT2D eigenvalue weighted by atomic mass is 16.4. The number of carbonyl (C=O) groups excluding carboxylic acids is 1. The van der Waals surface area contributed by atoms with E-state index in [9.17, 15) is 14.7 Å². The lowest BCUT2D eigenvalue weighted by Gasteiger charge is -2.31. The first kappa shape index (κ1) is 22.3. The number of piperidine rings is 1. The average Bonchev–Trinajstić information content (AvgIpc) is 3.07. The molecule has 32 heavy (non-hydrogen) atoms. The van der Waals surface area contributed by atoms with Crippen LogP contribution >= 0.6 is 0 Å². The van der Waals surface area contributed by atoms with Crippen LogP contribution in [-0.2, 0) is 9.59 Å². The van der Waals surface area contributed by atoms with Crippen molar-refractivity contribution in [2.75, 3.05) is 25.1 Å². The number of nitrogens with zero attached hydrogens (tertiary/aromatic N) is 4. The molecular weight excluding hydrogens is 410 g/mol. The zero-order chi connectivity index (χ0) is 22.7. The molecule has 0 unspecified atom stereocenters. The molecule has 0 aromatic heterocycles. The van der Waals surface area contributed by atoms with Gasteiger partial charge in [0.25, 0.3) is 5.91 Å². The molecule has 2 fully saturated rings. The summed E-state index contributed by atoms with van der Waals surface area (Å²) in [5.41, 5.74) is 4.99. The van der Waals surface area contributed by atoms with Gasteiger partial charge >= 0.3 is 5.97 Å². The molecule has 172 valence electrons. The minimum atomic E-state index is -0.820. The molecule has 9 nitrogen and oxygen atoms in total. The topological polar surface area (TPSA) is 118 Å². The summed E-state index contributed by atoms with van der Waals surface area (Å²) in [4.78, 5) is 25.7. The van der Waals surface area contributed by atoms with Gasteiger partial charge < -0.3 is 10.2 Å². The van der Waals surface area contributed by atoms with Crippen LogP contribution in [0.2, 0.25) is 0 Å². The molecule has 4 rings (SSSR count). The number of carboxylic acid groups (broad SMARTS) is 1. The Bertz CT molecular complexity index is 930. The van der Waals surface area contributed by atoms with E-state index in [2.05, 4.69) is 15.6 Å². The summed E-state index contributed by atoms with van der Waals surface area (Å²) in [5, 5.41) is 30.1.